The highest BCUT2D eigenvalue weighted by Gasteiger charge is 2.34. The van der Waals surface area contributed by atoms with E-state index in [-0.39, 0.29) is 17.0 Å². The van der Waals surface area contributed by atoms with E-state index in [9.17, 15) is 14.9 Å². The molecule has 2 aromatic carbocycles. The maximum atomic E-state index is 12.2. The SMILES string of the molecule is O=C1CS[C@@H](c2ccccc2)N1c1cccc([N+](=O)[O-])c1. The summed E-state index contributed by atoms with van der Waals surface area (Å²) in [5, 5.41) is 10.8. The predicted octanol–water partition coefficient (Wildman–Crippen LogP) is 3.37. The molecule has 0 unspecified atom stereocenters. The minimum absolute atomic E-state index is 0.0102. The van der Waals surface area contributed by atoms with Crippen molar-refractivity contribution in [2.24, 2.45) is 0 Å². The van der Waals surface area contributed by atoms with Gasteiger partial charge in [0.05, 0.1) is 16.4 Å². The monoisotopic (exact) mass is 300 g/mol. The lowest BCUT2D eigenvalue weighted by molar-refractivity contribution is -0.384. The first kappa shape index (κ1) is 13.6. The quantitative estimate of drug-likeness (QED) is 0.644. The Bertz CT molecular complexity index is 690. The molecule has 1 amide bonds. The van der Waals surface area contributed by atoms with Gasteiger partial charge in [-0.3, -0.25) is 19.8 Å². The highest BCUT2D eigenvalue weighted by atomic mass is 32.2. The smallest absolute Gasteiger partial charge is 0.271 e. The number of hydrogen-bond acceptors (Lipinski definition) is 4. The van der Waals surface area contributed by atoms with Crippen LogP contribution >= 0.6 is 11.8 Å². The van der Waals surface area contributed by atoms with Crippen LogP contribution in [0.25, 0.3) is 0 Å². The van der Waals surface area contributed by atoms with Gasteiger partial charge in [-0.05, 0) is 11.6 Å². The molecule has 0 aliphatic carbocycles. The van der Waals surface area contributed by atoms with Crippen molar-refractivity contribution < 1.29 is 9.72 Å². The molecule has 2 aromatic rings. The topological polar surface area (TPSA) is 63.5 Å². The largest absolute Gasteiger partial charge is 0.295 e. The van der Waals surface area contributed by atoms with E-state index in [0.29, 0.717) is 11.4 Å². The van der Waals surface area contributed by atoms with Crippen molar-refractivity contribution in [1.82, 2.24) is 0 Å². The van der Waals surface area contributed by atoms with E-state index < -0.39 is 4.92 Å². The van der Waals surface area contributed by atoms with Crippen molar-refractivity contribution in [3.05, 3.63) is 70.3 Å². The molecule has 0 bridgehead atoms. The summed E-state index contributed by atoms with van der Waals surface area (Å²) >= 11 is 1.53. The predicted molar refractivity (Wildman–Crippen MR) is 82.2 cm³/mol. The second kappa shape index (κ2) is 5.57. The Kier molecular flexibility index (Phi) is 3.62. The van der Waals surface area contributed by atoms with Crippen LogP contribution in [0, 0.1) is 10.1 Å². The average Bonchev–Trinajstić information content (AvgIpc) is 2.90. The zero-order valence-electron chi connectivity index (χ0n) is 11.0. The summed E-state index contributed by atoms with van der Waals surface area (Å²) in [6.07, 6.45) is 0. The molecule has 1 heterocycles. The van der Waals surface area contributed by atoms with Gasteiger partial charge in [-0.1, -0.05) is 36.4 Å². The molecular weight excluding hydrogens is 288 g/mol. The third-order valence-corrected chi connectivity index (χ3v) is 4.48. The van der Waals surface area contributed by atoms with E-state index in [1.54, 1.807) is 17.0 Å². The van der Waals surface area contributed by atoms with Gasteiger partial charge in [0.2, 0.25) is 5.91 Å². The Morgan fingerprint density at radius 1 is 1.14 bits per heavy atom. The second-order valence-corrected chi connectivity index (χ2v) is 5.68. The molecule has 1 atom stereocenters. The van der Waals surface area contributed by atoms with Gasteiger partial charge in [0.1, 0.15) is 5.37 Å². The van der Waals surface area contributed by atoms with Gasteiger partial charge in [-0.25, -0.2) is 0 Å². The van der Waals surface area contributed by atoms with Crippen molar-refractivity contribution >= 4 is 29.0 Å². The van der Waals surface area contributed by atoms with Crippen LogP contribution < -0.4 is 4.90 Å². The minimum atomic E-state index is -0.450. The van der Waals surface area contributed by atoms with Crippen LogP contribution in [-0.4, -0.2) is 16.6 Å². The summed E-state index contributed by atoms with van der Waals surface area (Å²) in [6, 6.07) is 15.9. The zero-order chi connectivity index (χ0) is 14.8. The van der Waals surface area contributed by atoms with Crippen LogP contribution in [0.15, 0.2) is 54.6 Å². The minimum Gasteiger partial charge on any atom is -0.295 e. The summed E-state index contributed by atoms with van der Waals surface area (Å²) in [7, 11) is 0. The number of carbonyl (C=O) groups is 1. The van der Waals surface area contributed by atoms with E-state index in [4.69, 9.17) is 0 Å². The number of anilines is 1. The third kappa shape index (κ3) is 2.62. The number of rotatable bonds is 3. The lowest BCUT2D eigenvalue weighted by Crippen LogP contribution is -2.27. The Morgan fingerprint density at radius 3 is 2.62 bits per heavy atom. The average molecular weight is 300 g/mol. The Balaban J connectivity index is 2.00. The van der Waals surface area contributed by atoms with Crippen LogP contribution in [0.1, 0.15) is 10.9 Å². The van der Waals surface area contributed by atoms with Gasteiger partial charge < -0.3 is 0 Å². The van der Waals surface area contributed by atoms with Crippen molar-refractivity contribution in [3.63, 3.8) is 0 Å². The molecule has 1 fully saturated rings. The van der Waals surface area contributed by atoms with E-state index in [1.165, 1.54) is 23.9 Å². The van der Waals surface area contributed by atoms with Gasteiger partial charge in [-0.15, -0.1) is 11.8 Å². The normalized spacial score (nSPS) is 18.0. The number of carbonyl (C=O) groups excluding carboxylic acids is 1. The summed E-state index contributed by atoms with van der Waals surface area (Å²) in [5.74, 6) is 0.344. The first-order valence-corrected chi connectivity index (χ1v) is 7.45. The molecule has 6 heteroatoms. The van der Waals surface area contributed by atoms with Crippen molar-refractivity contribution in [1.29, 1.82) is 0 Å². The molecule has 21 heavy (non-hydrogen) atoms. The van der Waals surface area contributed by atoms with E-state index in [0.717, 1.165) is 5.56 Å². The maximum Gasteiger partial charge on any atom is 0.271 e. The van der Waals surface area contributed by atoms with Gasteiger partial charge in [-0.2, -0.15) is 0 Å². The number of benzene rings is 2. The molecule has 0 radical (unpaired) electrons. The Hall–Kier alpha value is -2.34. The van der Waals surface area contributed by atoms with Crippen LogP contribution in [0.5, 0.6) is 0 Å². The van der Waals surface area contributed by atoms with Crippen LogP contribution in [-0.2, 0) is 4.79 Å². The number of thioether (sulfide) groups is 1. The van der Waals surface area contributed by atoms with Crippen molar-refractivity contribution in [3.8, 4) is 0 Å². The van der Waals surface area contributed by atoms with Crippen molar-refractivity contribution in [2.75, 3.05) is 10.7 Å². The van der Waals surface area contributed by atoms with Crippen LogP contribution in [0.4, 0.5) is 11.4 Å². The lowest BCUT2D eigenvalue weighted by Gasteiger charge is -2.24. The Labute approximate surface area is 125 Å². The summed E-state index contributed by atoms with van der Waals surface area (Å²) in [5.41, 5.74) is 1.57. The van der Waals surface area contributed by atoms with Gasteiger partial charge in [0.15, 0.2) is 0 Å². The van der Waals surface area contributed by atoms with Crippen LogP contribution in [0.2, 0.25) is 0 Å². The van der Waals surface area contributed by atoms with Crippen molar-refractivity contribution in [2.45, 2.75) is 5.37 Å². The molecule has 0 spiro atoms. The summed E-state index contributed by atoms with van der Waals surface area (Å²) in [6.45, 7) is 0. The Morgan fingerprint density at radius 2 is 1.90 bits per heavy atom. The van der Waals surface area contributed by atoms with Crippen LogP contribution in [0.3, 0.4) is 0 Å². The molecular formula is C15H12N2O3S. The van der Waals surface area contributed by atoms with Gasteiger partial charge in [0, 0.05) is 12.1 Å². The van der Waals surface area contributed by atoms with E-state index >= 15 is 0 Å². The standard InChI is InChI=1S/C15H12N2O3S/c18-14-10-21-15(11-5-2-1-3-6-11)16(14)12-7-4-8-13(9-12)17(19)20/h1-9,15H,10H2/t15-/m0/s1. The van der Waals surface area contributed by atoms with E-state index in [1.807, 2.05) is 30.3 Å². The molecule has 1 aliphatic rings. The van der Waals surface area contributed by atoms with Gasteiger partial charge >= 0.3 is 0 Å². The maximum absolute atomic E-state index is 12.2. The fourth-order valence-corrected chi connectivity index (χ4v) is 3.50. The first-order valence-electron chi connectivity index (χ1n) is 6.40. The summed E-state index contributed by atoms with van der Waals surface area (Å²) < 4.78 is 0. The zero-order valence-corrected chi connectivity index (χ0v) is 11.8. The molecule has 1 saturated heterocycles. The molecule has 1 aliphatic heterocycles. The molecule has 0 saturated carbocycles. The number of nitro benzene ring substituents is 1. The highest BCUT2D eigenvalue weighted by molar-refractivity contribution is 8.00. The molecule has 106 valence electrons. The lowest BCUT2D eigenvalue weighted by atomic mass is 10.2. The molecule has 0 aromatic heterocycles. The number of nitro groups is 1. The fourth-order valence-electron chi connectivity index (χ4n) is 2.32. The highest BCUT2D eigenvalue weighted by Crippen LogP contribution is 2.42. The number of amides is 1. The second-order valence-electron chi connectivity index (χ2n) is 4.61. The van der Waals surface area contributed by atoms with Gasteiger partial charge in [0.25, 0.3) is 5.69 Å². The van der Waals surface area contributed by atoms with E-state index in [2.05, 4.69) is 0 Å². The number of hydrogen-bond donors (Lipinski definition) is 0. The summed E-state index contributed by atoms with van der Waals surface area (Å²) in [4.78, 5) is 24.3. The number of non-ortho nitro benzene ring substituents is 1. The molecule has 3 rings (SSSR count). The fraction of sp³-hybridized carbons (Fsp3) is 0.133. The number of nitrogens with zero attached hydrogens (tertiary/aromatic N) is 2. The third-order valence-electron chi connectivity index (χ3n) is 3.27. The molecule has 0 N–H and O–H groups in total. The first-order chi connectivity index (χ1) is 10.2. The molecule has 5 nitrogen and oxygen atoms in total.